The molecule has 0 aliphatic rings. The Hall–Kier alpha value is -4.26. The van der Waals surface area contributed by atoms with Crippen LogP contribution in [0.5, 0.6) is 0 Å². The van der Waals surface area contributed by atoms with Crippen molar-refractivity contribution in [2.24, 2.45) is 0 Å². The second-order valence-corrected chi connectivity index (χ2v) is 12.1. The first-order valence-corrected chi connectivity index (χ1v) is 14.7. The van der Waals surface area contributed by atoms with Gasteiger partial charge in [0.25, 0.3) is 0 Å². The second kappa shape index (κ2) is 13.8. The van der Waals surface area contributed by atoms with Crippen LogP contribution in [0.1, 0.15) is 56.3 Å². The molecule has 0 saturated heterocycles. The maximum absolute atomic E-state index is 13.2. The van der Waals surface area contributed by atoms with E-state index < -0.39 is 28.0 Å². The van der Waals surface area contributed by atoms with E-state index in [-0.39, 0.29) is 17.3 Å². The van der Waals surface area contributed by atoms with Crippen LogP contribution in [-0.2, 0) is 35.0 Å². The lowest BCUT2D eigenvalue weighted by Gasteiger charge is -2.27. The van der Waals surface area contributed by atoms with Crippen LogP contribution in [0.25, 0.3) is 12.2 Å². The first kappa shape index (κ1) is 31.7. The van der Waals surface area contributed by atoms with Gasteiger partial charge in [-0.05, 0) is 81.5 Å². The Morgan fingerprint density at radius 2 is 1.77 bits per heavy atom. The Kier molecular flexibility index (Phi) is 10.2. The molecule has 13 heteroatoms. The number of anilines is 1. The summed E-state index contributed by atoms with van der Waals surface area (Å²) < 4.78 is 62.5. The summed E-state index contributed by atoms with van der Waals surface area (Å²) in [6.45, 7) is 6.25. The molecular weight excluding hydrogens is 583 g/mol. The molecular formula is C30H32F3N5O4S. The van der Waals surface area contributed by atoms with E-state index >= 15 is 0 Å². The number of nitrogens with zero attached hydrogens (tertiary/aromatic N) is 5. The summed E-state index contributed by atoms with van der Waals surface area (Å²) in [5.74, 6) is 0.239. The number of oxazole rings is 1. The number of benzene rings is 2. The Balaban J connectivity index is 1.41. The average Bonchev–Trinajstić information content (AvgIpc) is 3.64. The number of carbonyl (C=O) groups excluding carboxylic acids is 1. The summed E-state index contributed by atoms with van der Waals surface area (Å²) in [7, 11) is -3.09. The molecule has 2 heterocycles. The third kappa shape index (κ3) is 9.63. The number of hydrogen-bond acceptors (Lipinski definition) is 7. The number of aromatic nitrogens is 4. The second-order valence-electron chi connectivity index (χ2n) is 10.7. The number of carbonyl (C=O) groups is 1. The SMILES string of the molecule is CC(C)(C)OC(=O)N(Cc1coc(C=Cc2ccc(S(=O)C(F)(F)F)cc2)n1)c1ccc(CCCCn2ccnn2)cc1. The summed E-state index contributed by atoms with van der Waals surface area (Å²) in [6.07, 6.45) is 10.3. The average molecular weight is 616 g/mol. The molecule has 0 saturated carbocycles. The minimum atomic E-state index is -4.82. The third-order valence-electron chi connectivity index (χ3n) is 6.05. The minimum absolute atomic E-state index is 0.0848. The van der Waals surface area contributed by atoms with Crippen LogP contribution in [0.3, 0.4) is 0 Å². The number of halogens is 3. The van der Waals surface area contributed by atoms with Gasteiger partial charge in [0.1, 0.15) is 11.9 Å². The van der Waals surface area contributed by atoms with Crippen molar-refractivity contribution in [3.8, 4) is 0 Å². The molecule has 4 aromatic rings. The van der Waals surface area contributed by atoms with E-state index in [9.17, 15) is 22.2 Å². The minimum Gasteiger partial charge on any atom is -0.445 e. The maximum Gasteiger partial charge on any atom is 0.475 e. The topological polar surface area (TPSA) is 103 Å². The molecule has 4 rings (SSSR count). The van der Waals surface area contributed by atoms with E-state index in [1.807, 2.05) is 30.5 Å². The van der Waals surface area contributed by atoms with E-state index in [2.05, 4.69) is 15.3 Å². The fourth-order valence-electron chi connectivity index (χ4n) is 4.01. The zero-order valence-corrected chi connectivity index (χ0v) is 24.8. The first-order chi connectivity index (χ1) is 20.4. The Labute approximate surface area is 249 Å². The summed E-state index contributed by atoms with van der Waals surface area (Å²) in [4.78, 5) is 18.7. The molecule has 0 aliphatic heterocycles. The Morgan fingerprint density at radius 1 is 1.05 bits per heavy atom. The van der Waals surface area contributed by atoms with Gasteiger partial charge < -0.3 is 9.15 Å². The van der Waals surface area contributed by atoms with Gasteiger partial charge in [-0.2, -0.15) is 13.2 Å². The lowest BCUT2D eigenvalue weighted by atomic mass is 10.1. The molecule has 0 radical (unpaired) electrons. The fraction of sp³-hybridized carbons (Fsp3) is 0.333. The highest BCUT2D eigenvalue weighted by molar-refractivity contribution is 7.86. The van der Waals surface area contributed by atoms with Gasteiger partial charge in [0, 0.05) is 29.4 Å². The van der Waals surface area contributed by atoms with Crippen LogP contribution >= 0.6 is 0 Å². The number of amides is 1. The van der Waals surface area contributed by atoms with E-state index in [0.717, 1.165) is 43.5 Å². The van der Waals surface area contributed by atoms with Crippen LogP contribution < -0.4 is 4.90 Å². The van der Waals surface area contributed by atoms with Gasteiger partial charge in [0.05, 0.1) is 18.4 Å². The number of hydrogen-bond donors (Lipinski definition) is 0. The quantitative estimate of drug-likeness (QED) is 0.167. The molecule has 1 amide bonds. The van der Waals surface area contributed by atoms with Gasteiger partial charge in [-0.3, -0.25) is 9.58 Å². The number of alkyl halides is 3. The predicted octanol–water partition coefficient (Wildman–Crippen LogP) is 7.03. The van der Waals surface area contributed by atoms with Gasteiger partial charge in [0.2, 0.25) is 5.89 Å². The monoisotopic (exact) mass is 615 g/mol. The zero-order valence-electron chi connectivity index (χ0n) is 24.0. The smallest absolute Gasteiger partial charge is 0.445 e. The molecule has 228 valence electrons. The van der Waals surface area contributed by atoms with Crippen molar-refractivity contribution in [1.82, 2.24) is 20.0 Å². The molecule has 0 aliphatic carbocycles. The van der Waals surface area contributed by atoms with Crippen molar-refractivity contribution < 1.29 is 31.3 Å². The van der Waals surface area contributed by atoms with Crippen molar-refractivity contribution in [3.63, 3.8) is 0 Å². The van der Waals surface area contributed by atoms with Crippen LogP contribution in [0.2, 0.25) is 0 Å². The van der Waals surface area contributed by atoms with Gasteiger partial charge in [-0.15, -0.1) is 5.10 Å². The molecule has 0 bridgehead atoms. The molecule has 0 spiro atoms. The number of aryl methyl sites for hydroxylation is 2. The molecule has 1 atom stereocenters. The van der Waals surface area contributed by atoms with Crippen LogP contribution in [0.15, 0.2) is 76.5 Å². The van der Waals surface area contributed by atoms with Crippen molar-refractivity contribution in [2.75, 3.05) is 4.90 Å². The van der Waals surface area contributed by atoms with Gasteiger partial charge >= 0.3 is 11.6 Å². The summed E-state index contributed by atoms with van der Waals surface area (Å²) in [6, 6.07) is 12.9. The highest BCUT2D eigenvalue weighted by Gasteiger charge is 2.37. The molecule has 43 heavy (non-hydrogen) atoms. The number of ether oxygens (including phenoxy) is 1. The Morgan fingerprint density at radius 3 is 2.40 bits per heavy atom. The van der Waals surface area contributed by atoms with Gasteiger partial charge in [-0.25, -0.2) is 14.0 Å². The summed E-state index contributed by atoms with van der Waals surface area (Å²) >= 11 is 0. The van der Waals surface area contributed by atoms with Crippen molar-refractivity contribution in [3.05, 3.63) is 89.9 Å². The first-order valence-electron chi connectivity index (χ1n) is 13.5. The van der Waals surface area contributed by atoms with Crippen LogP contribution in [-0.4, -0.2) is 41.4 Å². The van der Waals surface area contributed by atoms with Crippen LogP contribution in [0, 0.1) is 0 Å². The number of rotatable bonds is 11. The van der Waals surface area contributed by atoms with E-state index in [4.69, 9.17) is 9.15 Å². The predicted molar refractivity (Wildman–Crippen MR) is 156 cm³/mol. The largest absolute Gasteiger partial charge is 0.475 e. The molecule has 0 N–H and O–H groups in total. The summed E-state index contributed by atoms with van der Waals surface area (Å²) in [5.41, 5.74) is -2.72. The molecule has 2 aromatic carbocycles. The fourth-order valence-corrected chi connectivity index (χ4v) is 4.66. The normalized spacial score (nSPS) is 12.9. The van der Waals surface area contributed by atoms with Gasteiger partial charge in [0.15, 0.2) is 10.8 Å². The number of unbranched alkanes of at least 4 members (excludes halogenated alkanes) is 1. The molecule has 0 fully saturated rings. The van der Waals surface area contributed by atoms with Crippen molar-refractivity contribution in [2.45, 2.75) is 69.1 Å². The van der Waals surface area contributed by atoms with E-state index in [1.54, 1.807) is 43.8 Å². The lowest BCUT2D eigenvalue weighted by molar-refractivity contribution is -0.0384. The van der Waals surface area contributed by atoms with Crippen molar-refractivity contribution in [1.29, 1.82) is 0 Å². The highest BCUT2D eigenvalue weighted by atomic mass is 32.2. The lowest BCUT2D eigenvalue weighted by Crippen LogP contribution is -2.36. The molecule has 1 unspecified atom stereocenters. The maximum atomic E-state index is 13.2. The van der Waals surface area contributed by atoms with Crippen LogP contribution in [0.4, 0.5) is 23.7 Å². The zero-order chi connectivity index (χ0) is 31.0. The third-order valence-corrected chi connectivity index (χ3v) is 7.17. The molecule has 9 nitrogen and oxygen atoms in total. The highest BCUT2D eigenvalue weighted by Crippen LogP contribution is 2.27. The molecule has 2 aromatic heterocycles. The van der Waals surface area contributed by atoms with Gasteiger partial charge in [-0.1, -0.05) is 29.5 Å². The standard InChI is InChI=1S/C30H32F3N5O4S/c1-29(2,3)42-28(39)38(25-12-7-22(8-13-25)6-4-5-18-37-19-17-34-36-37)20-24-21-41-27(35-24)16-11-23-9-14-26(15-10-23)43(40)30(31,32)33/h7-17,19,21H,4-6,18,20H2,1-3H3. The van der Waals surface area contributed by atoms with E-state index in [1.165, 1.54) is 23.3 Å². The van der Waals surface area contributed by atoms with E-state index in [0.29, 0.717) is 16.9 Å². The Bertz CT molecular complexity index is 1530. The van der Waals surface area contributed by atoms with Crippen molar-refractivity contribution >= 4 is 34.7 Å². The summed E-state index contributed by atoms with van der Waals surface area (Å²) in [5, 5.41) is 7.78.